The van der Waals surface area contributed by atoms with Gasteiger partial charge in [0.2, 0.25) is 5.91 Å². The Hall–Kier alpha value is -1.07. The summed E-state index contributed by atoms with van der Waals surface area (Å²) in [6.45, 7) is 1.89. The number of hydrogen-bond donors (Lipinski definition) is 2. The summed E-state index contributed by atoms with van der Waals surface area (Å²) in [7, 11) is 1.91. The largest absolute Gasteiger partial charge is 0.317 e. The minimum Gasteiger partial charge on any atom is -0.317 e. The van der Waals surface area contributed by atoms with Gasteiger partial charge in [0.15, 0.2) is 0 Å². The molecular formula is C13H21ClN4O. The van der Waals surface area contributed by atoms with Gasteiger partial charge in [0.05, 0.1) is 5.69 Å². The van der Waals surface area contributed by atoms with Crippen molar-refractivity contribution in [2.75, 3.05) is 18.4 Å². The Bertz CT molecular complexity index is 465. The summed E-state index contributed by atoms with van der Waals surface area (Å²) < 4.78 is 1.82. The minimum absolute atomic E-state index is 0. The number of carbonyl (C=O) groups excluding carboxylic acids is 1. The van der Waals surface area contributed by atoms with Gasteiger partial charge in [-0.15, -0.1) is 12.4 Å². The monoisotopic (exact) mass is 284 g/mol. The molecule has 106 valence electrons. The summed E-state index contributed by atoms with van der Waals surface area (Å²) in [5, 5.41) is 10.9. The molecule has 1 fully saturated rings. The molecule has 5 nitrogen and oxygen atoms in total. The topological polar surface area (TPSA) is 59.0 Å². The van der Waals surface area contributed by atoms with E-state index < -0.39 is 0 Å². The number of nitrogens with zero attached hydrogens (tertiary/aromatic N) is 2. The third-order valence-electron chi connectivity index (χ3n) is 4.02. The van der Waals surface area contributed by atoms with Gasteiger partial charge in [-0.05, 0) is 45.2 Å². The van der Waals surface area contributed by atoms with Gasteiger partial charge < -0.3 is 10.6 Å². The molecule has 1 aromatic heterocycles. The Morgan fingerprint density at radius 1 is 1.37 bits per heavy atom. The fourth-order valence-corrected chi connectivity index (χ4v) is 2.98. The van der Waals surface area contributed by atoms with Crippen LogP contribution in [0.15, 0.2) is 0 Å². The quantitative estimate of drug-likeness (QED) is 0.860. The second kappa shape index (κ2) is 5.92. The molecule has 2 aliphatic rings. The van der Waals surface area contributed by atoms with E-state index in [2.05, 4.69) is 15.7 Å². The molecule has 0 spiro atoms. The highest BCUT2D eigenvalue weighted by Crippen LogP contribution is 2.28. The molecule has 0 bridgehead atoms. The van der Waals surface area contributed by atoms with Crippen molar-refractivity contribution in [1.29, 1.82) is 0 Å². The van der Waals surface area contributed by atoms with Gasteiger partial charge in [-0.3, -0.25) is 9.48 Å². The number of amides is 1. The van der Waals surface area contributed by atoms with Crippen molar-refractivity contribution in [2.45, 2.75) is 32.1 Å². The molecule has 0 unspecified atom stereocenters. The molecule has 1 saturated heterocycles. The number of aryl methyl sites for hydroxylation is 2. The van der Waals surface area contributed by atoms with Gasteiger partial charge in [-0.25, -0.2) is 0 Å². The van der Waals surface area contributed by atoms with Crippen LogP contribution in [0.4, 0.5) is 5.82 Å². The number of anilines is 1. The number of rotatable bonds is 2. The van der Waals surface area contributed by atoms with Crippen LogP contribution in [0.2, 0.25) is 0 Å². The lowest BCUT2D eigenvalue weighted by atomic mass is 9.97. The average Bonchev–Trinajstić information content (AvgIpc) is 2.94. The van der Waals surface area contributed by atoms with Crippen LogP contribution in [0.3, 0.4) is 0 Å². The zero-order valence-electron chi connectivity index (χ0n) is 11.2. The minimum atomic E-state index is 0. The summed E-state index contributed by atoms with van der Waals surface area (Å²) in [6.07, 6.45) is 5.13. The molecule has 0 atom stereocenters. The highest BCUT2D eigenvalue weighted by Gasteiger charge is 2.25. The van der Waals surface area contributed by atoms with E-state index in [1.54, 1.807) is 0 Å². The average molecular weight is 285 g/mol. The van der Waals surface area contributed by atoms with Crippen LogP contribution in [0.5, 0.6) is 0 Å². The first-order valence-electron chi connectivity index (χ1n) is 6.82. The highest BCUT2D eigenvalue weighted by atomic mass is 35.5. The van der Waals surface area contributed by atoms with Gasteiger partial charge >= 0.3 is 0 Å². The van der Waals surface area contributed by atoms with E-state index in [0.717, 1.165) is 56.7 Å². The van der Waals surface area contributed by atoms with Gasteiger partial charge in [0, 0.05) is 18.5 Å². The Morgan fingerprint density at radius 2 is 2.11 bits per heavy atom. The predicted molar refractivity (Wildman–Crippen MR) is 76.7 cm³/mol. The third-order valence-corrected chi connectivity index (χ3v) is 4.02. The normalized spacial score (nSPS) is 18.8. The van der Waals surface area contributed by atoms with Gasteiger partial charge in [0.25, 0.3) is 0 Å². The van der Waals surface area contributed by atoms with E-state index in [0.29, 0.717) is 0 Å². The maximum Gasteiger partial charge on any atom is 0.228 e. The highest BCUT2D eigenvalue weighted by molar-refractivity contribution is 5.92. The van der Waals surface area contributed by atoms with E-state index >= 15 is 0 Å². The number of piperidine rings is 1. The van der Waals surface area contributed by atoms with Crippen molar-refractivity contribution >= 4 is 24.1 Å². The molecule has 2 N–H and O–H groups in total. The third kappa shape index (κ3) is 2.77. The SMILES string of the molecule is Cl.Cn1nc2c(c1NC(=O)C1CCNCC1)CCC2. The van der Waals surface area contributed by atoms with Crippen LogP contribution in [0.25, 0.3) is 0 Å². The maximum absolute atomic E-state index is 12.2. The van der Waals surface area contributed by atoms with Crippen molar-refractivity contribution in [2.24, 2.45) is 13.0 Å². The van der Waals surface area contributed by atoms with Crippen molar-refractivity contribution < 1.29 is 4.79 Å². The molecule has 6 heteroatoms. The van der Waals surface area contributed by atoms with Crippen LogP contribution in [-0.4, -0.2) is 28.8 Å². The molecular weight excluding hydrogens is 264 g/mol. The zero-order chi connectivity index (χ0) is 12.5. The number of hydrogen-bond acceptors (Lipinski definition) is 3. The summed E-state index contributed by atoms with van der Waals surface area (Å²) in [6, 6.07) is 0. The number of carbonyl (C=O) groups is 1. The Morgan fingerprint density at radius 3 is 2.84 bits per heavy atom. The smallest absolute Gasteiger partial charge is 0.228 e. The number of aromatic nitrogens is 2. The van der Waals surface area contributed by atoms with Gasteiger partial charge in [-0.2, -0.15) is 5.10 Å². The Kier molecular flexibility index (Phi) is 4.47. The lowest BCUT2D eigenvalue weighted by Gasteiger charge is -2.22. The first-order valence-corrected chi connectivity index (χ1v) is 6.82. The molecule has 1 aliphatic heterocycles. The molecule has 0 aromatic carbocycles. The Balaban J connectivity index is 0.00000133. The second-order valence-corrected chi connectivity index (χ2v) is 5.26. The second-order valence-electron chi connectivity index (χ2n) is 5.26. The molecule has 1 amide bonds. The van der Waals surface area contributed by atoms with E-state index in [-0.39, 0.29) is 24.2 Å². The number of halogens is 1. The van der Waals surface area contributed by atoms with E-state index in [4.69, 9.17) is 0 Å². The zero-order valence-corrected chi connectivity index (χ0v) is 12.1. The van der Waals surface area contributed by atoms with Gasteiger partial charge in [-0.1, -0.05) is 0 Å². The van der Waals surface area contributed by atoms with E-state index in [9.17, 15) is 4.79 Å². The molecule has 0 saturated carbocycles. The molecule has 19 heavy (non-hydrogen) atoms. The summed E-state index contributed by atoms with van der Waals surface area (Å²) in [5.74, 6) is 1.23. The number of nitrogens with one attached hydrogen (secondary N) is 2. The van der Waals surface area contributed by atoms with Crippen molar-refractivity contribution in [3.8, 4) is 0 Å². The molecule has 0 radical (unpaired) electrons. The van der Waals surface area contributed by atoms with E-state index in [1.165, 1.54) is 5.56 Å². The summed E-state index contributed by atoms with van der Waals surface area (Å²) >= 11 is 0. The lowest BCUT2D eigenvalue weighted by Crippen LogP contribution is -2.35. The van der Waals surface area contributed by atoms with Crippen molar-refractivity contribution in [3.63, 3.8) is 0 Å². The standard InChI is InChI=1S/C13H20N4O.ClH/c1-17-12(10-3-2-4-11(10)16-17)15-13(18)9-5-7-14-8-6-9;/h9,14H,2-8H2,1H3,(H,15,18);1H. The van der Waals surface area contributed by atoms with Crippen molar-refractivity contribution in [3.05, 3.63) is 11.3 Å². The molecule has 2 heterocycles. The first kappa shape index (κ1) is 14.3. The van der Waals surface area contributed by atoms with Crippen LogP contribution in [0.1, 0.15) is 30.5 Å². The maximum atomic E-state index is 12.2. The van der Waals surface area contributed by atoms with Crippen LogP contribution >= 0.6 is 12.4 Å². The molecule has 3 rings (SSSR count). The Labute approximate surface area is 119 Å². The van der Waals surface area contributed by atoms with E-state index in [1.807, 2.05) is 11.7 Å². The van der Waals surface area contributed by atoms with Crippen LogP contribution in [0, 0.1) is 5.92 Å². The first-order chi connectivity index (χ1) is 8.75. The summed E-state index contributed by atoms with van der Waals surface area (Å²) in [4.78, 5) is 12.2. The summed E-state index contributed by atoms with van der Waals surface area (Å²) in [5.41, 5.74) is 2.41. The van der Waals surface area contributed by atoms with Crippen molar-refractivity contribution in [1.82, 2.24) is 15.1 Å². The fourth-order valence-electron chi connectivity index (χ4n) is 2.98. The molecule has 1 aliphatic carbocycles. The van der Waals surface area contributed by atoms with Crippen LogP contribution in [-0.2, 0) is 24.7 Å². The van der Waals surface area contributed by atoms with Crippen LogP contribution < -0.4 is 10.6 Å². The number of fused-ring (bicyclic) bond motifs is 1. The fraction of sp³-hybridized carbons (Fsp3) is 0.692. The van der Waals surface area contributed by atoms with Gasteiger partial charge in [0.1, 0.15) is 5.82 Å². The lowest BCUT2D eigenvalue weighted by molar-refractivity contribution is -0.120. The molecule has 1 aromatic rings. The predicted octanol–water partition coefficient (Wildman–Crippen LogP) is 1.27.